The third-order valence-electron chi connectivity index (χ3n) is 5.13. The summed E-state index contributed by atoms with van der Waals surface area (Å²) in [7, 11) is 1.99. The molecule has 1 saturated heterocycles. The number of aryl methyl sites for hydroxylation is 1. The lowest BCUT2D eigenvalue weighted by molar-refractivity contribution is 0.122. The van der Waals surface area contributed by atoms with Crippen LogP contribution in [0.5, 0.6) is 0 Å². The van der Waals surface area contributed by atoms with Crippen LogP contribution in [-0.2, 0) is 18.3 Å². The molecule has 0 aliphatic carbocycles. The molecule has 0 spiro atoms. The molecule has 2 aliphatic heterocycles. The molecule has 0 amide bonds. The standard InChI is InChI=1S/C21H21N5O/c1-25-13-19(24-14-25)15-2-3-17-12-23-21(18(17)10-15)16-4-5-22-20(11-16)26-6-8-27-9-7-26/h2-5,10-11,13-14H,6-9,12H2,1H3. The maximum atomic E-state index is 5.45. The molecule has 0 unspecified atom stereocenters. The van der Waals surface area contributed by atoms with Crippen LogP contribution in [0.4, 0.5) is 5.82 Å². The van der Waals surface area contributed by atoms with E-state index in [9.17, 15) is 0 Å². The smallest absolute Gasteiger partial charge is 0.129 e. The number of hydrogen-bond donors (Lipinski definition) is 0. The summed E-state index contributed by atoms with van der Waals surface area (Å²) < 4.78 is 7.42. The van der Waals surface area contributed by atoms with Crippen molar-refractivity contribution < 1.29 is 4.74 Å². The molecule has 27 heavy (non-hydrogen) atoms. The van der Waals surface area contributed by atoms with Crippen LogP contribution in [-0.4, -0.2) is 46.6 Å². The summed E-state index contributed by atoms with van der Waals surface area (Å²) in [5.74, 6) is 0.993. The number of rotatable bonds is 3. The quantitative estimate of drug-likeness (QED) is 0.721. The van der Waals surface area contributed by atoms with Crippen LogP contribution in [0.15, 0.2) is 54.0 Å². The van der Waals surface area contributed by atoms with Gasteiger partial charge in [-0.05, 0) is 23.8 Å². The largest absolute Gasteiger partial charge is 0.378 e. The molecule has 4 heterocycles. The van der Waals surface area contributed by atoms with Gasteiger partial charge in [0.2, 0.25) is 0 Å². The lowest BCUT2D eigenvalue weighted by Crippen LogP contribution is -2.36. The maximum Gasteiger partial charge on any atom is 0.129 e. The normalized spacial score (nSPS) is 16.3. The Morgan fingerprint density at radius 1 is 1.00 bits per heavy atom. The zero-order chi connectivity index (χ0) is 18.2. The van der Waals surface area contributed by atoms with Crippen LogP contribution < -0.4 is 4.90 Å². The highest BCUT2D eigenvalue weighted by atomic mass is 16.5. The lowest BCUT2D eigenvalue weighted by atomic mass is 9.97. The number of imidazole rings is 1. The second kappa shape index (κ2) is 6.63. The molecule has 6 heteroatoms. The van der Waals surface area contributed by atoms with E-state index in [0.717, 1.165) is 61.2 Å². The van der Waals surface area contributed by atoms with E-state index < -0.39 is 0 Å². The van der Waals surface area contributed by atoms with Gasteiger partial charge in [-0.25, -0.2) is 9.97 Å². The summed E-state index contributed by atoms with van der Waals surface area (Å²) in [6.07, 6.45) is 5.74. The number of benzene rings is 1. The number of pyridine rings is 1. The highest BCUT2D eigenvalue weighted by Crippen LogP contribution is 2.29. The van der Waals surface area contributed by atoms with E-state index in [2.05, 4.69) is 39.1 Å². The third-order valence-corrected chi connectivity index (χ3v) is 5.13. The number of hydrogen-bond acceptors (Lipinski definition) is 5. The van der Waals surface area contributed by atoms with E-state index in [1.165, 1.54) is 11.1 Å². The number of anilines is 1. The number of ether oxygens (including phenoxy) is 1. The predicted molar refractivity (Wildman–Crippen MR) is 105 cm³/mol. The van der Waals surface area contributed by atoms with Gasteiger partial charge in [-0.2, -0.15) is 0 Å². The topological polar surface area (TPSA) is 55.5 Å². The van der Waals surface area contributed by atoms with Gasteiger partial charge in [0.05, 0.1) is 37.5 Å². The van der Waals surface area contributed by atoms with Crippen molar-refractivity contribution in [2.45, 2.75) is 6.54 Å². The van der Waals surface area contributed by atoms with Crippen LogP contribution in [0.2, 0.25) is 0 Å². The Morgan fingerprint density at radius 3 is 2.70 bits per heavy atom. The van der Waals surface area contributed by atoms with Gasteiger partial charge in [0.1, 0.15) is 5.82 Å². The number of aliphatic imine (C=N–C) groups is 1. The number of aromatic nitrogens is 3. The molecule has 2 aromatic heterocycles. The summed E-state index contributed by atoms with van der Waals surface area (Å²) in [5.41, 5.74) is 6.71. The first-order valence-corrected chi connectivity index (χ1v) is 9.23. The maximum absolute atomic E-state index is 5.45. The molecule has 2 aliphatic rings. The SMILES string of the molecule is Cn1cnc(-c2ccc3c(c2)C(c2ccnc(N4CCOCC4)c2)=NC3)c1. The Morgan fingerprint density at radius 2 is 1.89 bits per heavy atom. The zero-order valence-corrected chi connectivity index (χ0v) is 15.3. The Kier molecular flexibility index (Phi) is 3.98. The minimum absolute atomic E-state index is 0.725. The molecule has 5 rings (SSSR count). The monoisotopic (exact) mass is 359 g/mol. The second-order valence-electron chi connectivity index (χ2n) is 6.96. The highest BCUT2D eigenvalue weighted by molar-refractivity contribution is 6.15. The Bertz CT molecular complexity index is 1020. The van der Waals surface area contributed by atoms with Crippen molar-refractivity contribution in [1.29, 1.82) is 0 Å². The molecule has 1 fully saturated rings. The van der Waals surface area contributed by atoms with Gasteiger partial charge in [0.15, 0.2) is 0 Å². The molecule has 136 valence electrons. The summed E-state index contributed by atoms with van der Waals surface area (Å²) >= 11 is 0. The second-order valence-corrected chi connectivity index (χ2v) is 6.96. The van der Waals surface area contributed by atoms with Crippen LogP contribution >= 0.6 is 0 Å². The van der Waals surface area contributed by atoms with Crippen molar-refractivity contribution in [2.75, 3.05) is 31.2 Å². The molecular weight excluding hydrogens is 338 g/mol. The van der Waals surface area contributed by atoms with Crippen LogP contribution in [0.25, 0.3) is 11.3 Å². The van der Waals surface area contributed by atoms with Crippen molar-refractivity contribution >= 4 is 11.5 Å². The van der Waals surface area contributed by atoms with E-state index >= 15 is 0 Å². The molecule has 0 atom stereocenters. The van der Waals surface area contributed by atoms with Crippen LogP contribution in [0.3, 0.4) is 0 Å². The van der Waals surface area contributed by atoms with Gasteiger partial charge in [0, 0.05) is 49.2 Å². The van der Waals surface area contributed by atoms with Gasteiger partial charge in [-0.3, -0.25) is 4.99 Å². The van der Waals surface area contributed by atoms with E-state index in [-0.39, 0.29) is 0 Å². The summed E-state index contributed by atoms with van der Waals surface area (Å²) in [4.78, 5) is 16.1. The minimum Gasteiger partial charge on any atom is -0.378 e. The number of fused-ring (bicyclic) bond motifs is 1. The Labute approximate surface area is 158 Å². The molecular formula is C21H21N5O. The van der Waals surface area contributed by atoms with Crippen LogP contribution in [0.1, 0.15) is 16.7 Å². The molecule has 3 aromatic rings. The zero-order valence-electron chi connectivity index (χ0n) is 15.3. The fourth-order valence-electron chi connectivity index (χ4n) is 3.68. The van der Waals surface area contributed by atoms with Crippen molar-refractivity contribution in [3.63, 3.8) is 0 Å². The molecule has 0 radical (unpaired) electrons. The van der Waals surface area contributed by atoms with Gasteiger partial charge in [-0.15, -0.1) is 0 Å². The lowest BCUT2D eigenvalue weighted by Gasteiger charge is -2.28. The Hall–Kier alpha value is -2.99. The highest BCUT2D eigenvalue weighted by Gasteiger charge is 2.20. The van der Waals surface area contributed by atoms with Gasteiger partial charge >= 0.3 is 0 Å². The average molecular weight is 359 g/mol. The number of morpholine rings is 1. The average Bonchev–Trinajstić information content (AvgIpc) is 3.34. The first kappa shape index (κ1) is 16.2. The van der Waals surface area contributed by atoms with E-state index in [1.807, 2.05) is 36.4 Å². The number of nitrogens with zero attached hydrogens (tertiary/aromatic N) is 5. The fraction of sp³-hybridized carbons (Fsp3) is 0.286. The molecule has 6 nitrogen and oxygen atoms in total. The summed E-state index contributed by atoms with van der Waals surface area (Å²) in [6.45, 7) is 3.99. The molecule has 0 saturated carbocycles. The van der Waals surface area contributed by atoms with Crippen molar-refractivity contribution in [3.05, 3.63) is 65.7 Å². The molecule has 0 bridgehead atoms. The van der Waals surface area contributed by atoms with Gasteiger partial charge < -0.3 is 14.2 Å². The van der Waals surface area contributed by atoms with E-state index in [4.69, 9.17) is 9.73 Å². The summed E-state index contributed by atoms with van der Waals surface area (Å²) in [6, 6.07) is 10.7. The van der Waals surface area contributed by atoms with Crippen LogP contribution in [0, 0.1) is 0 Å². The first-order chi connectivity index (χ1) is 13.3. The molecule has 1 aromatic carbocycles. The van der Waals surface area contributed by atoms with Crippen molar-refractivity contribution in [1.82, 2.24) is 14.5 Å². The summed E-state index contributed by atoms with van der Waals surface area (Å²) in [5, 5.41) is 0. The fourth-order valence-corrected chi connectivity index (χ4v) is 3.68. The minimum atomic E-state index is 0.725. The van der Waals surface area contributed by atoms with E-state index in [1.54, 1.807) is 0 Å². The first-order valence-electron chi connectivity index (χ1n) is 9.23. The Balaban J connectivity index is 1.50. The van der Waals surface area contributed by atoms with Crippen molar-refractivity contribution in [2.24, 2.45) is 12.0 Å². The third kappa shape index (κ3) is 3.02. The van der Waals surface area contributed by atoms with E-state index in [0.29, 0.717) is 0 Å². The van der Waals surface area contributed by atoms with Crippen molar-refractivity contribution in [3.8, 4) is 11.3 Å². The van der Waals surface area contributed by atoms with Gasteiger partial charge in [0.25, 0.3) is 0 Å². The predicted octanol–water partition coefficient (Wildman–Crippen LogP) is 2.67. The van der Waals surface area contributed by atoms with Gasteiger partial charge in [-0.1, -0.05) is 12.1 Å². The molecule has 0 N–H and O–H groups in total.